The van der Waals surface area contributed by atoms with Crippen molar-refractivity contribution < 1.29 is 13.9 Å². The van der Waals surface area contributed by atoms with Crippen LogP contribution in [0.1, 0.15) is 0 Å². The van der Waals surface area contributed by atoms with Crippen LogP contribution in [0.2, 0.25) is 0 Å². The van der Waals surface area contributed by atoms with Gasteiger partial charge in [-0.2, -0.15) is 8.78 Å². The molecule has 0 aliphatic heterocycles. The normalized spacial score (nSPS) is 16.7. The zero-order valence-corrected chi connectivity index (χ0v) is 5.34. The third-order valence-electron chi connectivity index (χ3n) is 0.257. The molecule has 0 saturated carbocycles. The molecule has 0 N–H and O–H groups in total. The number of hydrogen-bond donors (Lipinski definition) is 0. The molecular formula is C2HBrClF2O. The van der Waals surface area contributed by atoms with Gasteiger partial charge in [0.25, 0.3) is 0 Å². The van der Waals surface area contributed by atoms with E-state index in [0.29, 0.717) is 0 Å². The Hall–Kier alpha value is 0.590. The van der Waals surface area contributed by atoms with Crippen LogP contribution in [-0.4, -0.2) is 10.4 Å². The molecule has 1 radical (unpaired) electrons. The molecule has 0 bridgehead atoms. The number of alkyl halides is 4. The van der Waals surface area contributed by atoms with Crippen molar-refractivity contribution >= 4 is 27.5 Å². The number of rotatable bonds is 1. The van der Waals surface area contributed by atoms with Gasteiger partial charge in [-0.05, 0) is 27.5 Å². The van der Waals surface area contributed by atoms with Gasteiger partial charge in [-0.1, -0.05) is 0 Å². The van der Waals surface area contributed by atoms with E-state index in [1.54, 1.807) is 0 Å². The van der Waals surface area contributed by atoms with Gasteiger partial charge in [-0.25, -0.2) is 5.11 Å². The van der Waals surface area contributed by atoms with E-state index in [0.717, 1.165) is 0 Å². The SMILES string of the molecule is [O]C(Br)C(F)(F)Cl. The van der Waals surface area contributed by atoms with Gasteiger partial charge in [-0.15, -0.1) is 0 Å². The minimum Gasteiger partial charge on any atom is -0.212 e. The molecule has 1 unspecified atom stereocenters. The molecular weight excluding hydrogens is 193 g/mol. The van der Waals surface area contributed by atoms with E-state index < -0.39 is 10.4 Å². The highest BCUT2D eigenvalue weighted by Gasteiger charge is 2.34. The third-order valence-corrected chi connectivity index (χ3v) is 1.29. The van der Waals surface area contributed by atoms with Gasteiger partial charge in [0.15, 0.2) is 0 Å². The van der Waals surface area contributed by atoms with Crippen LogP contribution in [0.3, 0.4) is 0 Å². The lowest BCUT2D eigenvalue weighted by molar-refractivity contribution is -0.0214. The van der Waals surface area contributed by atoms with Gasteiger partial charge in [0.1, 0.15) is 0 Å². The molecule has 0 aliphatic carbocycles. The van der Waals surface area contributed by atoms with Crippen molar-refractivity contribution in [2.24, 2.45) is 0 Å². The molecule has 0 saturated heterocycles. The van der Waals surface area contributed by atoms with Gasteiger partial charge < -0.3 is 0 Å². The average molecular weight is 194 g/mol. The lowest BCUT2D eigenvalue weighted by Gasteiger charge is -2.04. The molecule has 0 spiro atoms. The lowest BCUT2D eigenvalue weighted by Crippen LogP contribution is -2.18. The Bertz CT molecular complexity index is 61.2. The van der Waals surface area contributed by atoms with Crippen molar-refractivity contribution in [3.05, 3.63) is 0 Å². The van der Waals surface area contributed by atoms with Crippen LogP contribution in [-0.2, 0) is 5.11 Å². The number of hydrogen-bond acceptors (Lipinski definition) is 0. The molecule has 7 heavy (non-hydrogen) atoms. The zero-order chi connectivity index (χ0) is 6.08. The van der Waals surface area contributed by atoms with Crippen LogP contribution >= 0.6 is 27.5 Å². The Morgan fingerprint density at radius 2 is 1.86 bits per heavy atom. The zero-order valence-electron chi connectivity index (χ0n) is 3.00. The second-order valence-electron chi connectivity index (χ2n) is 0.858. The first-order valence-electron chi connectivity index (χ1n) is 1.31. The third kappa shape index (κ3) is 3.20. The van der Waals surface area contributed by atoms with E-state index in [9.17, 15) is 13.9 Å². The van der Waals surface area contributed by atoms with Crippen LogP contribution in [0.4, 0.5) is 8.78 Å². The van der Waals surface area contributed by atoms with E-state index >= 15 is 0 Å². The highest BCUT2D eigenvalue weighted by atomic mass is 79.9. The highest BCUT2D eigenvalue weighted by molar-refractivity contribution is 9.09. The summed E-state index contributed by atoms with van der Waals surface area (Å²) >= 11 is 6.23. The largest absolute Gasteiger partial charge is 0.360 e. The Morgan fingerprint density at radius 1 is 1.71 bits per heavy atom. The number of halogens is 4. The molecule has 0 aromatic heterocycles. The maximum atomic E-state index is 11.3. The fourth-order valence-corrected chi connectivity index (χ4v) is 0. The summed E-state index contributed by atoms with van der Waals surface area (Å²) in [4.78, 5) is 0. The Kier molecular flexibility index (Phi) is 2.43. The van der Waals surface area contributed by atoms with Crippen LogP contribution in [0.15, 0.2) is 0 Å². The molecule has 0 fully saturated rings. The predicted molar refractivity (Wildman–Crippen MR) is 24.2 cm³/mol. The van der Waals surface area contributed by atoms with Gasteiger partial charge in [-0.3, -0.25) is 0 Å². The Balaban J connectivity index is 3.54. The minimum absolute atomic E-state index is 2.06. The molecule has 1 nitrogen and oxygen atoms in total. The van der Waals surface area contributed by atoms with E-state index in [4.69, 9.17) is 0 Å². The summed E-state index contributed by atoms with van der Waals surface area (Å²) in [6.07, 6.45) is 0. The molecule has 43 valence electrons. The molecule has 0 aromatic rings. The summed E-state index contributed by atoms with van der Waals surface area (Å²) in [7, 11) is 0. The minimum atomic E-state index is -3.67. The highest BCUT2D eigenvalue weighted by Crippen LogP contribution is 2.27. The predicted octanol–water partition coefficient (Wildman–Crippen LogP) is 1.97. The fourth-order valence-electron chi connectivity index (χ4n) is 0. The maximum absolute atomic E-state index is 11.3. The maximum Gasteiger partial charge on any atom is 0.360 e. The lowest BCUT2D eigenvalue weighted by atomic mass is 10.8. The molecule has 0 aromatic carbocycles. The molecule has 0 amide bonds. The van der Waals surface area contributed by atoms with E-state index in [1.165, 1.54) is 0 Å². The van der Waals surface area contributed by atoms with Gasteiger partial charge in [0.05, 0.1) is 0 Å². The van der Waals surface area contributed by atoms with Crippen LogP contribution in [0, 0.1) is 0 Å². The van der Waals surface area contributed by atoms with Crippen LogP contribution < -0.4 is 0 Å². The van der Waals surface area contributed by atoms with Gasteiger partial charge in [0, 0.05) is 0 Å². The summed E-state index contributed by atoms with van der Waals surface area (Å²) in [5.74, 6) is 0. The average Bonchev–Trinajstić information content (AvgIpc) is 1.31. The second-order valence-corrected chi connectivity index (χ2v) is 2.19. The first-order valence-corrected chi connectivity index (χ1v) is 2.60. The summed E-state index contributed by atoms with van der Waals surface area (Å²) in [5.41, 5.74) is 0. The van der Waals surface area contributed by atoms with Crippen LogP contribution in [0.25, 0.3) is 0 Å². The first-order chi connectivity index (χ1) is 2.94. The summed E-state index contributed by atoms with van der Waals surface area (Å²) in [5, 5.41) is 3.71. The Labute approximate surface area is 52.4 Å². The van der Waals surface area contributed by atoms with Crippen molar-refractivity contribution in [2.75, 3.05) is 0 Å². The summed E-state index contributed by atoms with van der Waals surface area (Å²) in [6, 6.07) is 0. The van der Waals surface area contributed by atoms with Crippen molar-refractivity contribution in [3.63, 3.8) is 0 Å². The van der Waals surface area contributed by atoms with Crippen molar-refractivity contribution in [2.45, 2.75) is 10.4 Å². The van der Waals surface area contributed by atoms with E-state index in [2.05, 4.69) is 27.5 Å². The second kappa shape index (κ2) is 2.24. The standard InChI is InChI=1S/C2HBrClF2O/c3-1(7)2(4,5)6/h1H. The molecule has 0 aliphatic rings. The van der Waals surface area contributed by atoms with Crippen molar-refractivity contribution in [3.8, 4) is 0 Å². The van der Waals surface area contributed by atoms with E-state index in [-0.39, 0.29) is 0 Å². The first kappa shape index (κ1) is 7.59. The molecule has 0 rings (SSSR count). The monoisotopic (exact) mass is 193 g/mol. The molecule has 0 heterocycles. The van der Waals surface area contributed by atoms with Crippen molar-refractivity contribution in [1.82, 2.24) is 0 Å². The quantitative estimate of drug-likeness (QED) is 0.569. The topological polar surface area (TPSA) is 19.9 Å². The van der Waals surface area contributed by atoms with E-state index in [1.807, 2.05) is 0 Å². The molecule has 1 atom stereocenters. The van der Waals surface area contributed by atoms with Crippen molar-refractivity contribution in [1.29, 1.82) is 0 Å². The van der Waals surface area contributed by atoms with Gasteiger partial charge in [0.2, 0.25) is 5.01 Å². The Morgan fingerprint density at radius 3 is 1.86 bits per heavy atom. The van der Waals surface area contributed by atoms with Gasteiger partial charge >= 0.3 is 5.38 Å². The summed E-state index contributed by atoms with van der Waals surface area (Å²) in [6.45, 7) is 0. The summed E-state index contributed by atoms with van der Waals surface area (Å²) < 4.78 is 22.5. The fraction of sp³-hybridized carbons (Fsp3) is 1.00. The molecule has 5 heteroatoms. The van der Waals surface area contributed by atoms with Crippen LogP contribution in [0.5, 0.6) is 0 Å². The smallest absolute Gasteiger partial charge is 0.212 e.